The van der Waals surface area contributed by atoms with Crippen LogP contribution in [0.4, 0.5) is 0 Å². The van der Waals surface area contributed by atoms with Gasteiger partial charge in [0.2, 0.25) is 0 Å². The molecule has 0 saturated carbocycles. The van der Waals surface area contributed by atoms with Crippen molar-refractivity contribution in [1.29, 1.82) is 0 Å². The van der Waals surface area contributed by atoms with Gasteiger partial charge in [0, 0.05) is 39.3 Å². The van der Waals surface area contributed by atoms with E-state index in [1.165, 1.54) is 39.3 Å². The van der Waals surface area contributed by atoms with Gasteiger partial charge >= 0.3 is 0 Å². The molecule has 2 nitrogen and oxygen atoms in total. The van der Waals surface area contributed by atoms with Crippen molar-refractivity contribution in [3.05, 3.63) is 0 Å². The Morgan fingerprint density at radius 2 is 0.625 bits per heavy atom. The van der Waals surface area contributed by atoms with Crippen molar-refractivity contribution in [1.82, 2.24) is 9.80 Å². The summed E-state index contributed by atoms with van der Waals surface area (Å²) in [5.41, 5.74) is 0. The lowest BCUT2D eigenvalue weighted by Crippen LogP contribution is -2.55. The molecule has 0 N–H and O–H groups in total. The molecule has 0 unspecified atom stereocenters. The van der Waals surface area contributed by atoms with E-state index in [1.807, 2.05) is 0 Å². The molecule has 0 amide bonds. The Bertz CT molecular complexity index is 121. The molecule has 94 valence electrons. The van der Waals surface area contributed by atoms with E-state index in [4.69, 9.17) is 0 Å². The molecule has 3 aliphatic heterocycles. The lowest BCUT2D eigenvalue weighted by molar-refractivity contribution is 0.0647. The molecule has 0 atom stereocenters. The van der Waals surface area contributed by atoms with Gasteiger partial charge in [-0.3, -0.25) is 9.80 Å². The molecular formula is C12H30Al2N2. The highest BCUT2D eigenvalue weighted by atomic mass is 27.2. The van der Waals surface area contributed by atoms with Gasteiger partial charge in [0.05, 0.1) is 0 Å². The van der Waals surface area contributed by atoms with Crippen molar-refractivity contribution in [3.8, 4) is 0 Å². The van der Waals surface area contributed by atoms with E-state index in [-0.39, 0.29) is 28.3 Å². The van der Waals surface area contributed by atoms with Gasteiger partial charge in [0.15, 0.2) is 0 Å². The number of hydrogen-bond donors (Lipinski definition) is 0. The largest absolute Gasteiger partial charge is 0.300 e. The van der Waals surface area contributed by atoms with Crippen molar-refractivity contribution >= 4 is 28.3 Å². The molecule has 0 radical (unpaired) electrons. The van der Waals surface area contributed by atoms with Crippen LogP contribution in [0.1, 0.15) is 0 Å². The number of fused-ring (bicyclic) bond motifs is 3. The zero-order chi connectivity index (χ0) is 12.6. The molecule has 3 saturated heterocycles. The van der Waals surface area contributed by atoms with Gasteiger partial charge in [-0.25, -0.2) is 0 Å². The topological polar surface area (TPSA) is 6.48 Å². The monoisotopic (exact) mass is 256 g/mol. The van der Waals surface area contributed by atoms with E-state index in [0.29, 0.717) is 0 Å². The Kier molecular flexibility index (Phi) is 10.6. The van der Waals surface area contributed by atoms with Crippen LogP contribution in [0.2, 0.25) is 34.7 Å². The molecule has 3 aliphatic rings. The molecule has 3 fully saturated rings. The molecule has 0 aromatic heterocycles. The van der Waals surface area contributed by atoms with Gasteiger partial charge in [0.1, 0.15) is 0 Å². The SMILES string of the molecule is C1CN2CCN1CC2.[CH3][Al]([CH3])[CH3].[CH3][Al]([CH3])[CH3]. The summed E-state index contributed by atoms with van der Waals surface area (Å²) >= 11 is -0.278. The van der Waals surface area contributed by atoms with Crippen LogP contribution >= 0.6 is 0 Å². The second-order valence-electron chi connectivity index (χ2n) is 6.15. The molecule has 0 spiro atoms. The van der Waals surface area contributed by atoms with E-state index in [1.54, 1.807) is 0 Å². The van der Waals surface area contributed by atoms with E-state index in [9.17, 15) is 0 Å². The fourth-order valence-corrected chi connectivity index (χ4v) is 1.52. The molecule has 3 rings (SSSR count). The number of nitrogens with zero attached hydrogens (tertiary/aromatic N) is 2. The van der Waals surface area contributed by atoms with Gasteiger partial charge in [-0.15, -0.1) is 34.7 Å². The normalized spacial score (nSPS) is 25.9. The predicted molar refractivity (Wildman–Crippen MR) is 79.6 cm³/mol. The third kappa shape index (κ3) is 11.5. The van der Waals surface area contributed by atoms with Crippen LogP contribution in [0.5, 0.6) is 0 Å². The lowest BCUT2D eigenvalue weighted by atomic mass is 10.2. The highest BCUT2D eigenvalue weighted by molar-refractivity contribution is 6.54. The molecule has 0 aliphatic carbocycles. The third-order valence-electron chi connectivity index (χ3n) is 2.20. The smallest absolute Gasteiger partial charge is 0.251 e. The fraction of sp³-hybridized carbons (Fsp3) is 1.00. The van der Waals surface area contributed by atoms with Crippen LogP contribution in [0.3, 0.4) is 0 Å². The van der Waals surface area contributed by atoms with E-state index >= 15 is 0 Å². The van der Waals surface area contributed by atoms with E-state index in [2.05, 4.69) is 44.5 Å². The Balaban J connectivity index is 0.000000244. The minimum atomic E-state index is -0.139. The Labute approximate surface area is 112 Å². The predicted octanol–water partition coefficient (Wildman–Crippen LogP) is 2.36. The van der Waals surface area contributed by atoms with Crippen molar-refractivity contribution in [2.75, 3.05) is 39.3 Å². The Hall–Kier alpha value is 0.985. The zero-order valence-electron chi connectivity index (χ0n) is 12.3. The molecule has 3 heterocycles. The Morgan fingerprint density at radius 1 is 0.500 bits per heavy atom. The summed E-state index contributed by atoms with van der Waals surface area (Å²) in [5, 5.41) is 0. The van der Waals surface area contributed by atoms with Gasteiger partial charge in [0.25, 0.3) is 28.3 Å². The quantitative estimate of drug-likeness (QED) is 0.614. The first-order valence-corrected chi connectivity index (χ1v) is 13.8. The first kappa shape index (κ1) is 17.0. The van der Waals surface area contributed by atoms with Crippen LogP contribution in [-0.2, 0) is 0 Å². The number of hydrogen-bond acceptors (Lipinski definition) is 2. The third-order valence-corrected chi connectivity index (χ3v) is 2.20. The van der Waals surface area contributed by atoms with Gasteiger partial charge < -0.3 is 0 Å². The highest BCUT2D eigenvalue weighted by Gasteiger charge is 2.21. The van der Waals surface area contributed by atoms with Crippen LogP contribution in [0.25, 0.3) is 0 Å². The molecule has 0 aromatic rings. The number of piperazine rings is 3. The number of rotatable bonds is 0. The Morgan fingerprint density at radius 3 is 0.688 bits per heavy atom. The first-order chi connectivity index (χ1) is 7.41. The van der Waals surface area contributed by atoms with Crippen LogP contribution in [-0.4, -0.2) is 77.4 Å². The first-order valence-electron chi connectivity index (χ1n) is 6.86. The summed E-state index contributed by atoms with van der Waals surface area (Å²) in [6, 6.07) is 0. The molecule has 2 bridgehead atoms. The fourth-order valence-electron chi connectivity index (χ4n) is 1.52. The minimum Gasteiger partial charge on any atom is -0.300 e. The minimum absolute atomic E-state index is 0.139. The van der Waals surface area contributed by atoms with Crippen molar-refractivity contribution in [3.63, 3.8) is 0 Å². The maximum atomic E-state index is 2.54. The summed E-state index contributed by atoms with van der Waals surface area (Å²) in [6.07, 6.45) is 0. The van der Waals surface area contributed by atoms with Gasteiger partial charge in [-0.05, 0) is 0 Å². The van der Waals surface area contributed by atoms with Gasteiger partial charge in [-0.1, -0.05) is 0 Å². The summed E-state index contributed by atoms with van der Waals surface area (Å²) < 4.78 is 0. The molecule has 4 heteroatoms. The standard InChI is InChI=1S/C6H12N2.6CH3.2Al/c1-2-8-5-3-7(1)4-6-8;;;;;;;;/h1-6H2;6*1H3;;. The zero-order valence-corrected chi connectivity index (χ0v) is 14.6. The van der Waals surface area contributed by atoms with Crippen LogP contribution in [0, 0.1) is 0 Å². The molecular weight excluding hydrogens is 226 g/mol. The van der Waals surface area contributed by atoms with Crippen molar-refractivity contribution < 1.29 is 0 Å². The summed E-state index contributed by atoms with van der Waals surface area (Å²) in [6.45, 7) is 7.92. The average Bonchev–Trinajstić information content (AvgIpc) is 2.19. The van der Waals surface area contributed by atoms with Crippen molar-refractivity contribution in [2.24, 2.45) is 0 Å². The average molecular weight is 256 g/mol. The lowest BCUT2D eigenvalue weighted by Gasteiger charge is -2.41. The molecule has 0 aromatic carbocycles. The summed E-state index contributed by atoms with van der Waals surface area (Å²) in [4.78, 5) is 5.08. The second-order valence-corrected chi connectivity index (χ2v) is 13.1. The molecule has 16 heavy (non-hydrogen) atoms. The maximum Gasteiger partial charge on any atom is 0.251 e. The maximum absolute atomic E-state index is 2.54. The summed E-state index contributed by atoms with van der Waals surface area (Å²) in [5.74, 6) is 13.8. The van der Waals surface area contributed by atoms with Gasteiger partial charge in [-0.2, -0.15) is 0 Å². The second kappa shape index (κ2) is 9.96. The van der Waals surface area contributed by atoms with Crippen molar-refractivity contribution in [2.45, 2.75) is 34.7 Å². The summed E-state index contributed by atoms with van der Waals surface area (Å²) in [7, 11) is 0. The van der Waals surface area contributed by atoms with Crippen LogP contribution in [0.15, 0.2) is 0 Å². The van der Waals surface area contributed by atoms with Crippen LogP contribution < -0.4 is 0 Å². The van der Waals surface area contributed by atoms with E-state index < -0.39 is 0 Å². The highest BCUT2D eigenvalue weighted by Crippen LogP contribution is 2.06. The van der Waals surface area contributed by atoms with E-state index in [0.717, 1.165) is 0 Å².